The summed E-state index contributed by atoms with van der Waals surface area (Å²) in [4.78, 5) is 52.0. The van der Waals surface area contributed by atoms with Gasteiger partial charge < -0.3 is 4.74 Å². The molecule has 1 spiro atoms. The second kappa shape index (κ2) is 8.95. The second-order valence-electron chi connectivity index (χ2n) is 8.75. The number of fused-ring (bicyclic) bond motifs is 1. The number of hydrogen-bond donors (Lipinski definition) is 0. The normalized spacial score (nSPS) is 19.8. The van der Waals surface area contributed by atoms with Crippen LogP contribution in [0, 0.1) is 15.5 Å². The zero-order valence-electron chi connectivity index (χ0n) is 19.1. The van der Waals surface area contributed by atoms with Gasteiger partial charge in [-0.05, 0) is 30.2 Å². The molecule has 5 rings (SSSR count). The molecule has 3 aromatic carbocycles. The summed E-state index contributed by atoms with van der Waals surface area (Å²) in [5.41, 5.74) is 0.275. The highest BCUT2D eigenvalue weighted by Crippen LogP contribution is 2.61. The predicted molar refractivity (Wildman–Crippen MR) is 135 cm³/mol. The van der Waals surface area contributed by atoms with Gasteiger partial charge >= 0.3 is 5.97 Å². The van der Waals surface area contributed by atoms with Crippen LogP contribution >= 0.6 is 15.9 Å². The number of carbonyl (C=O) groups excluding carboxylic acids is 3. The highest BCUT2D eigenvalue weighted by Gasteiger charge is 2.63. The molecule has 2 aliphatic carbocycles. The van der Waals surface area contributed by atoms with E-state index in [0.717, 1.165) is 4.47 Å². The Labute approximate surface area is 215 Å². The molecule has 2 atom stereocenters. The SMILES string of the molecule is CCOC(=O)C1=CC2(C(=O)c3ccccc3C2=O)[C@H](c2ccc([N+](=O)[O-])cc2)[C@H]1c1ccc(Br)cc1. The van der Waals surface area contributed by atoms with E-state index in [0.29, 0.717) is 22.3 Å². The lowest BCUT2D eigenvalue weighted by molar-refractivity contribution is -0.384. The van der Waals surface area contributed by atoms with Crippen LogP contribution in [0.5, 0.6) is 0 Å². The Balaban J connectivity index is 1.79. The summed E-state index contributed by atoms with van der Waals surface area (Å²) in [6, 6.07) is 19.7. The van der Waals surface area contributed by atoms with Gasteiger partial charge in [0.05, 0.1) is 11.5 Å². The summed E-state index contributed by atoms with van der Waals surface area (Å²) < 4.78 is 6.18. The van der Waals surface area contributed by atoms with Gasteiger partial charge in [0, 0.05) is 45.1 Å². The van der Waals surface area contributed by atoms with Crippen LogP contribution < -0.4 is 0 Å². The third-order valence-corrected chi connectivity index (χ3v) is 7.44. The number of ketones is 2. The Kier molecular flexibility index (Phi) is 5.92. The van der Waals surface area contributed by atoms with Gasteiger partial charge in [-0.25, -0.2) is 4.79 Å². The monoisotopic (exact) mass is 545 g/mol. The number of halogens is 1. The minimum atomic E-state index is -1.68. The summed E-state index contributed by atoms with van der Waals surface area (Å²) in [6.45, 7) is 1.81. The van der Waals surface area contributed by atoms with Crippen LogP contribution in [0.15, 0.2) is 88.9 Å². The van der Waals surface area contributed by atoms with Crippen LogP contribution in [0.25, 0.3) is 0 Å². The molecule has 3 aromatic rings. The predicted octanol–water partition coefficient (Wildman–Crippen LogP) is 5.79. The highest BCUT2D eigenvalue weighted by molar-refractivity contribution is 9.10. The maximum Gasteiger partial charge on any atom is 0.334 e. The first-order chi connectivity index (χ1) is 17.3. The lowest BCUT2D eigenvalue weighted by Crippen LogP contribution is -2.37. The fourth-order valence-electron chi connectivity index (χ4n) is 5.41. The smallest absolute Gasteiger partial charge is 0.334 e. The fourth-order valence-corrected chi connectivity index (χ4v) is 5.67. The van der Waals surface area contributed by atoms with Gasteiger partial charge in [-0.1, -0.05) is 70.5 Å². The Bertz CT molecular complexity index is 1410. The topological polar surface area (TPSA) is 104 Å². The summed E-state index contributed by atoms with van der Waals surface area (Å²) in [6.07, 6.45) is 1.48. The number of Topliss-reactive ketones (excluding diaryl/α,β-unsaturated/α-hetero) is 2. The highest BCUT2D eigenvalue weighted by atomic mass is 79.9. The Morgan fingerprint density at radius 3 is 2.03 bits per heavy atom. The molecule has 0 bridgehead atoms. The maximum absolute atomic E-state index is 14.0. The van der Waals surface area contributed by atoms with Crippen LogP contribution in [-0.4, -0.2) is 29.1 Å². The fraction of sp³-hybridized carbons (Fsp3) is 0.179. The summed E-state index contributed by atoms with van der Waals surface area (Å²) in [5.74, 6) is -2.90. The minimum Gasteiger partial charge on any atom is -0.463 e. The molecule has 0 radical (unpaired) electrons. The average molecular weight is 546 g/mol. The Hall–Kier alpha value is -3.91. The van der Waals surface area contributed by atoms with Gasteiger partial charge in [0.2, 0.25) is 0 Å². The molecule has 0 N–H and O–H groups in total. The molecule has 0 amide bonds. The van der Waals surface area contributed by atoms with Crippen molar-refractivity contribution >= 4 is 39.2 Å². The first-order valence-electron chi connectivity index (χ1n) is 11.4. The third kappa shape index (κ3) is 3.52. The number of allylic oxidation sites excluding steroid dienone is 1. The zero-order valence-corrected chi connectivity index (χ0v) is 20.7. The summed E-state index contributed by atoms with van der Waals surface area (Å²) in [5, 5.41) is 11.3. The van der Waals surface area contributed by atoms with Gasteiger partial charge in [-0.2, -0.15) is 0 Å². The van der Waals surface area contributed by atoms with Gasteiger partial charge in [-0.3, -0.25) is 19.7 Å². The number of carbonyl (C=O) groups is 3. The number of ether oxygens (including phenoxy) is 1. The van der Waals surface area contributed by atoms with E-state index in [9.17, 15) is 24.5 Å². The van der Waals surface area contributed by atoms with Crippen molar-refractivity contribution in [2.75, 3.05) is 6.61 Å². The molecule has 180 valence electrons. The van der Waals surface area contributed by atoms with Crippen LogP contribution in [0.3, 0.4) is 0 Å². The Morgan fingerprint density at radius 2 is 1.50 bits per heavy atom. The number of hydrogen-bond acceptors (Lipinski definition) is 6. The first kappa shape index (κ1) is 23.8. The van der Waals surface area contributed by atoms with E-state index in [2.05, 4.69) is 15.9 Å². The van der Waals surface area contributed by atoms with Crippen molar-refractivity contribution in [1.82, 2.24) is 0 Å². The molecular formula is C28H20BrNO6. The van der Waals surface area contributed by atoms with Gasteiger partial charge in [-0.15, -0.1) is 0 Å². The molecule has 2 aliphatic rings. The number of nitro benzene ring substituents is 1. The van der Waals surface area contributed by atoms with Gasteiger partial charge in [0.15, 0.2) is 11.6 Å². The van der Waals surface area contributed by atoms with Crippen molar-refractivity contribution in [1.29, 1.82) is 0 Å². The number of esters is 1. The third-order valence-electron chi connectivity index (χ3n) is 6.91. The van der Waals surface area contributed by atoms with Crippen LogP contribution in [-0.2, 0) is 9.53 Å². The van der Waals surface area contributed by atoms with Crippen LogP contribution in [0.4, 0.5) is 5.69 Å². The minimum absolute atomic E-state index is 0.114. The maximum atomic E-state index is 14.0. The molecule has 0 unspecified atom stereocenters. The van der Waals surface area contributed by atoms with E-state index < -0.39 is 39.7 Å². The number of nitrogens with zero attached hydrogens (tertiary/aromatic N) is 1. The van der Waals surface area contributed by atoms with E-state index in [1.54, 1.807) is 43.3 Å². The lowest BCUT2D eigenvalue weighted by Gasteiger charge is -2.32. The summed E-state index contributed by atoms with van der Waals surface area (Å²) >= 11 is 3.42. The van der Waals surface area contributed by atoms with E-state index in [1.807, 2.05) is 24.3 Å². The molecule has 0 aromatic heterocycles. The van der Waals surface area contributed by atoms with Crippen molar-refractivity contribution in [3.63, 3.8) is 0 Å². The van der Waals surface area contributed by atoms with E-state index in [4.69, 9.17) is 4.74 Å². The average Bonchev–Trinajstić information content (AvgIpc) is 3.35. The molecule has 8 heteroatoms. The van der Waals surface area contributed by atoms with Crippen LogP contribution in [0.2, 0.25) is 0 Å². The van der Waals surface area contributed by atoms with E-state index in [1.165, 1.54) is 18.2 Å². The molecule has 36 heavy (non-hydrogen) atoms. The van der Waals surface area contributed by atoms with Crippen molar-refractivity contribution < 1.29 is 24.0 Å². The van der Waals surface area contributed by atoms with Gasteiger partial charge in [0.1, 0.15) is 5.41 Å². The largest absolute Gasteiger partial charge is 0.463 e. The number of benzene rings is 3. The molecule has 0 saturated heterocycles. The second-order valence-corrected chi connectivity index (χ2v) is 9.66. The van der Waals surface area contributed by atoms with Crippen molar-refractivity contribution in [3.8, 4) is 0 Å². The van der Waals surface area contributed by atoms with Crippen LogP contribution in [0.1, 0.15) is 50.6 Å². The molecule has 7 nitrogen and oxygen atoms in total. The number of nitro groups is 1. The lowest BCUT2D eigenvalue weighted by atomic mass is 9.66. The Morgan fingerprint density at radius 1 is 0.944 bits per heavy atom. The molecular weight excluding hydrogens is 526 g/mol. The standard InChI is InChI=1S/C28H20BrNO6/c1-2-36-27(33)22-15-28(25(31)20-5-3-4-6-21(20)26(28)32)24(17-9-13-19(14-10-17)30(34)35)23(22)16-7-11-18(29)12-8-16/h3-15,23-24H,2H2,1H3/t23-,24+/m0/s1. The first-order valence-corrected chi connectivity index (χ1v) is 12.2. The number of rotatable bonds is 5. The molecule has 0 fully saturated rings. The van der Waals surface area contributed by atoms with Crippen molar-refractivity contribution in [2.24, 2.45) is 5.41 Å². The van der Waals surface area contributed by atoms with E-state index >= 15 is 0 Å². The quantitative estimate of drug-likeness (QED) is 0.174. The molecule has 0 aliphatic heterocycles. The zero-order chi connectivity index (χ0) is 25.6. The van der Waals surface area contributed by atoms with Crippen molar-refractivity contribution in [3.05, 3.63) is 121 Å². The van der Waals surface area contributed by atoms with Crippen molar-refractivity contribution in [2.45, 2.75) is 18.8 Å². The van der Waals surface area contributed by atoms with Gasteiger partial charge in [0.25, 0.3) is 5.69 Å². The van der Waals surface area contributed by atoms with E-state index in [-0.39, 0.29) is 17.9 Å². The summed E-state index contributed by atoms with van der Waals surface area (Å²) in [7, 11) is 0. The molecule has 0 saturated carbocycles. The molecule has 0 heterocycles. The number of non-ortho nitro benzene ring substituents is 1.